The van der Waals surface area contributed by atoms with Crippen molar-refractivity contribution in [1.82, 2.24) is 16.0 Å². The Balaban J connectivity index is 3.41. The van der Waals surface area contributed by atoms with Crippen molar-refractivity contribution in [2.24, 2.45) is 0 Å². The first-order valence-corrected chi connectivity index (χ1v) is 17.1. The van der Waals surface area contributed by atoms with Crippen molar-refractivity contribution in [3.8, 4) is 0 Å². The minimum atomic E-state index is -1.22. The number of hydrogen-bond acceptors (Lipinski definition) is 8. The van der Waals surface area contributed by atoms with E-state index in [1.54, 1.807) is 0 Å². The number of unbranched alkanes of at least 4 members (excludes halogenated alkanes) is 11. The summed E-state index contributed by atoms with van der Waals surface area (Å²) in [5.74, 6) is -2.71. The third-order valence-corrected chi connectivity index (χ3v) is 7.28. The van der Waals surface area contributed by atoms with Crippen LogP contribution in [0.4, 0.5) is 0 Å². The molecule has 0 rings (SSSR count). The van der Waals surface area contributed by atoms with Gasteiger partial charge in [-0.3, -0.25) is 19.2 Å². The lowest BCUT2D eigenvalue weighted by molar-refractivity contribution is -0.142. The number of carboxylic acids is 2. The topological polar surface area (TPSA) is 197 Å². The summed E-state index contributed by atoms with van der Waals surface area (Å²) in [4.78, 5) is 67.6. The fraction of sp³-hybridized carbons (Fsp3) is 0.818. The first kappa shape index (κ1) is 42.9. The van der Waals surface area contributed by atoms with E-state index in [2.05, 4.69) is 16.0 Å². The summed E-state index contributed by atoms with van der Waals surface area (Å²) in [6.07, 6.45) is 16.0. The first-order valence-electron chi connectivity index (χ1n) is 17.1. The van der Waals surface area contributed by atoms with Crippen molar-refractivity contribution in [3.63, 3.8) is 0 Å². The van der Waals surface area contributed by atoms with Crippen LogP contribution in [0.5, 0.6) is 0 Å². The van der Waals surface area contributed by atoms with Crippen LogP contribution in [0, 0.1) is 0 Å². The first-order chi connectivity index (χ1) is 22.3. The van der Waals surface area contributed by atoms with E-state index in [4.69, 9.17) is 19.7 Å². The van der Waals surface area contributed by atoms with Gasteiger partial charge in [0.05, 0.1) is 13.2 Å². The monoisotopic (exact) mass is 657 g/mol. The second-order valence-corrected chi connectivity index (χ2v) is 11.5. The largest absolute Gasteiger partial charge is 0.481 e. The maximum absolute atomic E-state index is 12.0. The molecule has 0 heterocycles. The molecule has 5 N–H and O–H groups in total. The minimum absolute atomic E-state index is 0.00606. The number of aldehydes is 1. The van der Waals surface area contributed by atoms with E-state index in [1.807, 2.05) is 0 Å². The number of aliphatic carboxylic acids is 2. The predicted molar refractivity (Wildman–Crippen MR) is 173 cm³/mol. The molecule has 46 heavy (non-hydrogen) atoms. The molecular formula is C33H59N3O10. The summed E-state index contributed by atoms with van der Waals surface area (Å²) in [5.41, 5.74) is 0. The van der Waals surface area contributed by atoms with Gasteiger partial charge in [-0.1, -0.05) is 64.2 Å². The summed E-state index contributed by atoms with van der Waals surface area (Å²) in [5, 5.41) is 25.6. The van der Waals surface area contributed by atoms with Crippen LogP contribution in [0.1, 0.15) is 128 Å². The Hall–Kier alpha value is -3.06. The fourth-order valence-electron chi connectivity index (χ4n) is 4.62. The molecule has 0 unspecified atom stereocenters. The van der Waals surface area contributed by atoms with Gasteiger partial charge < -0.3 is 40.4 Å². The number of hydrogen-bond donors (Lipinski definition) is 5. The van der Waals surface area contributed by atoms with Crippen LogP contribution in [0.3, 0.4) is 0 Å². The van der Waals surface area contributed by atoms with Crippen LogP contribution < -0.4 is 16.0 Å². The number of carbonyl (C=O) groups excluding carboxylic acids is 4. The van der Waals surface area contributed by atoms with Crippen molar-refractivity contribution < 1.29 is 48.5 Å². The van der Waals surface area contributed by atoms with Crippen LogP contribution in [-0.4, -0.2) is 91.7 Å². The third kappa shape index (κ3) is 30.9. The number of nitrogens with one attached hydrogen (secondary N) is 3. The zero-order valence-electron chi connectivity index (χ0n) is 27.7. The molecule has 266 valence electrons. The molecule has 0 saturated carbocycles. The number of carboxylic acid groups (broad SMARTS) is 2. The Morgan fingerprint density at radius 3 is 1.43 bits per heavy atom. The number of carbonyl (C=O) groups is 6. The van der Waals surface area contributed by atoms with Gasteiger partial charge >= 0.3 is 11.9 Å². The van der Waals surface area contributed by atoms with Gasteiger partial charge in [0.15, 0.2) is 0 Å². The Labute approximate surface area is 274 Å². The standard InChI is InChI=1S/C33H59N3O10/c37-23-13-16-28(33(43)44)36-31(40)20-19-30(39)35-22-15-25-46-27-26-45-24-14-21-34-29(38)17-11-9-7-5-3-1-2-4-6-8-10-12-18-32(41)42/h23,28H,1-22,24-27H2,(H,34,38)(H,35,39)(H,36,40)(H,41,42)(H,43,44)/t28-/m0/s1. The highest BCUT2D eigenvalue weighted by Gasteiger charge is 2.19. The normalized spacial score (nSPS) is 11.5. The highest BCUT2D eigenvalue weighted by Crippen LogP contribution is 2.13. The Kier molecular flexibility index (Phi) is 29.8. The molecule has 0 aromatic heterocycles. The molecule has 0 spiro atoms. The van der Waals surface area contributed by atoms with E-state index in [1.165, 1.54) is 38.5 Å². The second kappa shape index (κ2) is 31.9. The second-order valence-electron chi connectivity index (χ2n) is 11.5. The van der Waals surface area contributed by atoms with Gasteiger partial charge in [-0.2, -0.15) is 0 Å². The molecule has 0 aliphatic carbocycles. The summed E-state index contributed by atoms with van der Waals surface area (Å²) >= 11 is 0. The Morgan fingerprint density at radius 1 is 0.543 bits per heavy atom. The van der Waals surface area contributed by atoms with Gasteiger partial charge in [0, 0.05) is 58.4 Å². The van der Waals surface area contributed by atoms with E-state index in [0.717, 1.165) is 44.9 Å². The highest BCUT2D eigenvalue weighted by atomic mass is 16.5. The average Bonchev–Trinajstić information content (AvgIpc) is 3.02. The Morgan fingerprint density at radius 2 is 0.978 bits per heavy atom. The van der Waals surface area contributed by atoms with Gasteiger partial charge in [0.2, 0.25) is 17.7 Å². The SMILES string of the molecule is O=CCC[C@H](NC(=O)CCC(=O)NCCCOCCOCCCNC(=O)CCCCCCCCCCCCCCC(=O)O)C(=O)O. The van der Waals surface area contributed by atoms with E-state index < -0.39 is 23.9 Å². The molecule has 0 aromatic rings. The van der Waals surface area contributed by atoms with E-state index in [9.17, 15) is 28.8 Å². The average molecular weight is 658 g/mol. The van der Waals surface area contributed by atoms with Crippen molar-refractivity contribution >= 4 is 35.9 Å². The van der Waals surface area contributed by atoms with Gasteiger partial charge in [0.1, 0.15) is 12.3 Å². The molecule has 3 amide bonds. The fourth-order valence-corrected chi connectivity index (χ4v) is 4.62. The maximum atomic E-state index is 12.0. The summed E-state index contributed by atoms with van der Waals surface area (Å²) in [6.45, 7) is 2.80. The molecule has 1 atom stereocenters. The molecule has 13 nitrogen and oxygen atoms in total. The summed E-state index contributed by atoms with van der Waals surface area (Å²) in [6, 6.07) is -1.15. The van der Waals surface area contributed by atoms with Crippen LogP contribution in [-0.2, 0) is 38.2 Å². The zero-order chi connectivity index (χ0) is 34.1. The molecule has 0 aromatic carbocycles. The molecular weight excluding hydrogens is 598 g/mol. The maximum Gasteiger partial charge on any atom is 0.326 e. The smallest absolute Gasteiger partial charge is 0.326 e. The highest BCUT2D eigenvalue weighted by molar-refractivity contribution is 5.87. The zero-order valence-corrected chi connectivity index (χ0v) is 27.7. The molecule has 0 radical (unpaired) electrons. The van der Waals surface area contributed by atoms with Gasteiger partial charge in [-0.25, -0.2) is 4.79 Å². The quantitative estimate of drug-likeness (QED) is 0.0500. The van der Waals surface area contributed by atoms with Crippen molar-refractivity contribution in [3.05, 3.63) is 0 Å². The third-order valence-electron chi connectivity index (χ3n) is 7.28. The number of rotatable bonds is 34. The van der Waals surface area contributed by atoms with E-state index >= 15 is 0 Å². The van der Waals surface area contributed by atoms with Crippen molar-refractivity contribution in [1.29, 1.82) is 0 Å². The van der Waals surface area contributed by atoms with Gasteiger partial charge in [-0.05, 0) is 32.1 Å². The van der Waals surface area contributed by atoms with E-state index in [0.29, 0.717) is 58.6 Å². The van der Waals surface area contributed by atoms with Crippen molar-refractivity contribution in [2.75, 3.05) is 39.5 Å². The molecule has 0 aliphatic rings. The molecule has 0 saturated heterocycles. The predicted octanol–water partition coefficient (Wildman–Crippen LogP) is 3.91. The number of amides is 3. The van der Waals surface area contributed by atoms with Crippen LogP contribution in [0.15, 0.2) is 0 Å². The van der Waals surface area contributed by atoms with Crippen LogP contribution in [0.25, 0.3) is 0 Å². The summed E-state index contributed by atoms with van der Waals surface area (Å²) in [7, 11) is 0. The van der Waals surface area contributed by atoms with E-state index in [-0.39, 0.29) is 43.9 Å². The van der Waals surface area contributed by atoms with Crippen LogP contribution in [0.2, 0.25) is 0 Å². The van der Waals surface area contributed by atoms with Crippen molar-refractivity contribution in [2.45, 2.75) is 134 Å². The number of ether oxygens (including phenoxy) is 2. The molecule has 0 fully saturated rings. The van der Waals surface area contributed by atoms with Crippen LogP contribution >= 0.6 is 0 Å². The summed E-state index contributed by atoms with van der Waals surface area (Å²) < 4.78 is 11.0. The molecule has 0 bridgehead atoms. The Bertz CT molecular complexity index is 841. The molecule has 13 heteroatoms. The lowest BCUT2D eigenvalue weighted by Gasteiger charge is -2.13. The van der Waals surface area contributed by atoms with Gasteiger partial charge in [0.25, 0.3) is 0 Å². The lowest BCUT2D eigenvalue weighted by atomic mass is 10.0. The van der Waals surface area contributed by atoms with Gasteiger partial charge in [-0.15, -0.1) is 0 Å². The lowest BCUT2D eigenvalue weighted by Crippen LogP contribution is -2.41. The molecule has 0 aliphatic heterocycles. The minimum Gasteiger partial charge on any atom is -0.481 e.